The van der Waals surface area contributed by atoms with Gasteiger partial charge in [-0.15, -0.1) is 0 Å². The van der Waals surface area contributed by atoms with Crippen molar-refractivity contribution >= 4 is 0 Å². The van der Waals surface area contributed by atoms with Crippen molar-refractivity contribution in [3.05, 3.63) is 0 Å². The molecule has 0 saturated carbocycles. The molecule has 1 rings (SSSR count). The third kappa shape index (κ3) is 1.18. The van der Waals surface area contributed by atoms with Gasteiger partial charge in [-0.05, 0) is 12.8 Å². The summed E-state index contributed by atoms with van der Waals surface area (Å²) in [7, 11) is 0. The fraction of sp³-hybridized carbons (Fsp3) is 1.00. The minimum atomic E-state index is -0.302. The SMILES string of the molecule is NCC1CCC(O)N1. The van der Waals surface area contributed by atoms with E-state index >= 15 is 0 Å². The largest absolute Gasteiger partial charge is 0.379 e. The fourth-order valence-corrected chi connectivity index (χ4v) is 0.984. The highest BCUT2D eigenvalue weighted by Crippen LogP contribution is 2.07. The van der Waals surface area contributed by atoms with E-state index in [-0.39, 0.29) is 6.23 Å². The summed E-state index contributed by atoms with van der Waals surface area (Å²) in [5, 5.41) is 11.8. The molecule has 0 aliphatic carbocycles. The summed E-state index contributed by atoms with van der Waals surface area (Å²) in [5.41, 5.74) is 5.32. The van der Waals surface area contributed by atoms with Gasteiger partial charge in [0.2, 0.25) is 0 Å². The van der Waals surface area contributed by atoms with E-state index in [2.05, 4.69) is 5.32 Å². The summed E-state index contributed by atoms with van der Waals surface area (Å²) >= 11 is 0. The fourth-order valence-electron chi connectivity index (χ4n) is 0.984. The molecule has 1 heterocycles. The lowest BCUT2D eigenvalue weighted by atomic mass is 10.2. The van der Waals surface area contributed by atoms with E-state index in [1.54, 1.807) is 0 Å². The highest BCUT2D eigenvalue weighted by molar-refractivity contribution is 4.77. The molecule has 4 N–H and O–H groups in total. The van der Waals surface area contributed by atoms with Crippen LogP contribution in [-0.4, -0.2) is 23.9 Å². The second kappa shape index (κ2) is 2.44. The Kier molecular flexibility index (Phi) is 1.83. The van der Waals surface area contributed by atoms with Crippen LogP contribution in [0.1, 0.15) is 12.8 Å². The van der Waals surface area contributed by atoms with E-state index in [0.717, 1.165) is 12.8 Å². The van der Waals surface area contributed by atoms with Gasteiger partial charge >= 0.3 is 0 Å². The van der Waals surface area contributed by atoms with Gasteiger partial charge in [0.15, 0.2) is 0 Å². The maximum absolute atomic E-state index is 8.86. The Morgan fingerprint density at radius 3 is 2.62 bits per heavy atom. The molecule has 2 unspecified atom stereocenters. The first-order valence-electron chi connectivity index (χ1n) is 2.97. The molecule has 1 aliphatic heterocycles. The first-order chi connectivity index (χ1) is 3.83. The lowest BCUT2D eigenvalue weighted by molar-refractivity contribution is 0.155. The van der Waals surface area contributed by atoms with Gasteiger partial charge in [-0.3, -0.25) is 5.32 Å². The van der Waals surface area contributed by atoms with Gasteiger partial charge in [0.25, 0.3) is 0 Å². The van der Waals surface area contributed by atoms with E-state index in [9.17, 15) is 0 Å². The van der Waals surface area contributed by atoms with Gasteiger partial charge in [-0.25, -0.2) is 0 Å². The zero-order valence-corrected chi connectivity index (χ0v) is 4.80. The van der Waals surface area contributed by atoms with Crippen LogP contribution in [0, 0.1) is 0 Å². The van der Waals surface area contributed by atoms with E-state index in [1.165, 1.54) is 0 Å². The van der Waals surface area contributed by atoms with Crippen molar-refractivity contribution in [2.45, 2.75) is 25.1 Å². The van der Waals surface area contributed by atoms with Crippen molar-refractivity contribution in [3.8, 4) is 0 Å². The van der Waals surface area contributed by atoms with E-state index < -0.39 is 0 Å². The first kappa shape index (κ1) is 6.01. The lowest BCUT2D eigenvalue weighted by Gasteiger charge is -2.05. The van der Waals surface area contributed by atoms with Crippen LogP contribution in [0.4, 0.5) is 0 Å². The molecule has 2 atom stereocenters. The van der Waals surface area contributed by atoms with Crippen LogP contribution in [-0.2, 0) is 0 Å². The van der Waals surface area contributed by atoms with Crippen molar-refractivity contribution in [2.24, 2.45) is 5.73 Å². The number of nitrogens with one attached hydrogen (secondary N) is 1. The third-order valence-electron chi connectivity index (χ3n) is 1.50. The molecule has 0 amide bonds. The monoisotopic (exact) mass is 116 g/mol. The Hall–Kier alpha value is -0.120. The third-order valence-corrected chi connectivity index (χ3v) is 1.50. The predicted octanol–water partition coefficient (Wildman–Crippen LogP) is -0.985. The molecule has 0 aromatic rings. The van der Waals surface area contributed by atoms with E-state index in [1.807, 2.05) is 0 Å². The Balaban J connectivity index is 2.22. The van der Waals surface area contributed by atoms with Crippen molar-refractivity contribution in [1.29, 1.82) is 0 Å². The number of aliphatic hydroxyl groups excluding tert-OH is 1. The summed E-state index contributed by atoms with van der Waals surface area (Å²) in [5.74, 6) is 0. The Labute approximate surface area is 48.9 Å². The smallest absolute Gasteiger partial charge is 0.105 e. The molecule has 3 nitrogen and oxygen atoms in total. The molecule has 0 bridgehead atoms. The summed E-state index contributed by atoms with van der Waals surface area (Å²) in [6, 6.07) is 0.352. The van der Waals surface area contributed by atoms with Crippen molar-refractivity contribution in [3.63, 3.8) is 0 Å². The summed E-state index contributed by atoms with van der Waals surface area (Å²) in [6.45, 7) is 0.636. The van der Waals surface area contributed by atoms with Gasteiger partial charge < -0.3 is 10.8 Å². The normalized spacial score (nSPS) is 38.2. The molecule has 0 aromatic heterocycles. The lowest BCUT2D eigenvalue weighted by Crippen LogP contribution is -2.34. The van der Waals surface area contributed by atoms with Gasteiger partial charge in [0.1, 0.15) is 6.23 Å². The molecule has 1 fully saturated rings. The van der Waals surface area contributed by atoms with Crippen LogP contribution < -0.4 is 11.1 Å². The number of hydrogen-bond acceptors (Lipinski definition) is 3. The van der Waals surface area contributed by atoms with E-state index in [0.29, 0.717) is 12.6 Å². The van der Waals surface area contributed by atoms with Gasteiger partial charge in [-0.1, -0.05) is 0 Å². The number of aliphatic hydroxyl groups is 1. The predicted molar refractivity (Wildman–Crippen MR) is 31.2 cm³/mol. The molecule has 0 radical (unpaired) electrons. The van der Waals surface area contributed by atoms with E-state index in [4.69, 9.17) is 10.8 Å². The molecule has 8 heavy (non-hydrogen) atoms. The Morgan fingerprint density at radius 2 is 2.38 bits per heavy atom. The Bertz CT molecular complexity index is 76.8. The minimum Gasteiger partial charge on any atom is -0.379 e. The van der Waals surface area contributed by atoms with Crippen LogP contribution in [0.3, 0.4) is 0 Å². The van der Waals surface area contributed by atoms with Crippen LogP contribution in [0.5, 0.6) is 0 Å². The second-order valence-electron chi connectivity index (χ2n) is 2.19. The quantitative estimate of drug-likeness (QED) is 0.412. The maximum Gasteiger partial charge on any atom is 0.105 e. The van der Waals surface area contributed by atoms with Crippen molar-refractivity contribution < 1.29 is 5.11 Å². The zero-order valence-electron chi connectivity index (χ0n) is 4.80. The molecule has 3 heteroatoms. The molecular formula is C5H12N2O. The van der Waals surface area contributed by atoms with Crippen molar-refractivity contribution in [1.82, 2.24) is 5.32 Å². The van der Waals surface area contributed by atoms with Gasteiger partial charge in [0.05, 0.1) is 0 Å². The van der Waals surface area contributed by atoms with Crippen molar-refractivity contribution in [2.75, 3.05) is 6.54 Å². The average Bonchev–Trinajstić information content (AvgIpc) is 2.14. The Morgan fingerprint density at radius 1 is 1.62 bits per heavy atom. The number of nitrogens with two attached hydrogens (primary N) is 1. The topological polar surface area (TPSA) is 58.3 Å². The molecule has 48 valence electrons. The summed E-state index contributed by atoms with van der Waals surface area (Å²) in [4.78, 5) is 0. The highest BCUT2D eigenvalue weighted by Gasteiger charge is 2.19. The second-order valence-corrected chi connectivity index (χ2v) is 2.19. The molecule has 1 saturated heterocycles. The van der Waals surface area contributed by atoms with Gasteiger partial charge in [-0.2, -0.15) is 0 Å². The van der Waals surface area contributed by atoms with Crippen LogP contribution in [0.25, 0.3) is 0 Å². The average molecular weight is 116 g/mol. The highest BCUT2D eigenvalue weighted by atomic mass is 16.3. The summed E-state index contributed by atoms with van der Waals surface area (Å²) < 4.78 is 0. The molecular weight excluding hydrogens is 104 g/mol. The standard InChI is InChI=1S/C5H12N2O/c6-3-4-1-2-5(8)7-4/h4-5,7-8H,1-3,6H2. The van der Waals surface area contributed by atoms with Crippen LogP contribution >= 0.6 is 0 Å². The first-order valence-corrected chi connectivity index (χ1v) is 2.97. The molecule has 0 aromatic carbocycles. The zero-order chi connectivity index (χ0) is 5.98. The molecule has 1 aliphatic rings. The molecule has 0 spiro atoms. The van der Waals surface area contributed by atoms with Crippen LogP contribution in [0.2, 0.25) is 0 Å². The maximum atomic E-state index is 8.86. The summed E-state index contributed by atoms with van der Waals surface area (Å²) in [6.07, 6.45) is 1.56. The number of hydrogen-bond donors (Lipinski definition) is 3. The van der Waals surface area contributed by atoms with Crippen LogP contribution in [0.15, 0.2) is 0 Å². The minimum absolute atomic E-state index is 0.302. The van der Waals surface area contributed by atoms with Gasteiger partial charge in [0, 0.05) is 12.6 Å². The number of rotatable bonds is 1.